The van der Waals surface area contributed by atoms with E-state index in [1.54, 1.807) is 12.1 Å². The van der Waals surface area contributed by atoms with Crippen molar-refractivity contribution in [1.29, 1.82) is 0 Å². The first-order valence-corrected chi connectivity index (χ1v) is 10.7. The lowest BCUT2D eigenvalue weighted by Crippen LogP contribution is -2.24. The van der Waals surface area contributed by atoms with E-state index < -0.39 is 42.9 Å². The molecule has 4 aromatic rings. The zero-order valence-electron chi connectivity index (χ0n) is 19.4. The number of hydrogen-bond acceptors (Lipinski definition) is 8. The van der Waals surface area contributed by atoms with E-state index >= 15 is 0 Å². The van der Waals surface area contributed by atoms with Crippen molar-refractivity contribution in [1.82, 2.24) is 24.9 Å². The number of carbonyl (C=O) groups excluding carboxylic acids is 2. The number of nitrogens with zero attached hydrogens (tertiary/aromatic N) is 4. The number of rotatable bonds is 8. The third-order valence-electron chi connectivity index (χ3n) is 5.01. The summed E-state index contributed by atoms with van der Waals surface area (Å²) in [7, 11) is 1.29. The van der Waals surface area contributed by atoms with Gasteiger partial charge in [0.2, 0.25) is 5.88 Å². The summed E-state index contributed by atoms with van der Waals surface area (Å²) >= 11 is 0. The number of pyridine rings is 1. The van der Waals surface area contributed by atoms with Crippen molar-refractivity contribution in [3.05, 3.63) is 65.7 Å². The number of fused-ring (bicyclic) bond motifs is 1. The molecule has 38 heavy (non-hydrogen) atoms. The molecule has 0 aliphatic heterocycles. The second-order valence-corrected chi connectivity index (χ2v) is 7.62. The molecule has 0 saturated heterocycles. The van der Waals surface area contributed by atoms with Gasteiger partial charge in [0.05, 0.1) is 19.0 Å². The average molecular weight is 534 g/mol. The van der Waals surface area contributed by atoms with E-state index in [1.165, 1.54) is 30.1 Å². The van der Waals surface area contributed by atoms with E-state index in [2.05, 4.69) is 30.4 Å². The van der Waals surface area contributed by atoms with Crippen LogP contribution in [0.2, 0.25) is 0 Å². The number of halogens is 4. The molecular formula is C23H18F4N6O5. The lowest BCUT2D eigenvalue weighted by molar-refractivity contribution is -0.274. The second-order valence-electron chi connectivity index (χ2n) is 7.62. The van der Waals surface area contributed by atoms with Gasteiger partial charge in [0.25, 0.3) is 11.8 Å². The maximum absolute atomic E-state index is 14.1. The number of methoxy groups -OCH3 is 1. The number of alkyl halides is 3. The number of anilines is 1. The van der Waals surface area contributed by atoms with Crippen LogP contribution in [0.25, 0.3) is 16.9 Å². The molecule has 2 amide bonds. The van der Waals surface area contributed by atoms with E-state index in [1.807, 2.05) is 0 Å². The van der Waals surface area contributed by atoms with E-state index in [9.17, 15) is 27.2 Å². The first-order chi connectivity index (χ1) is 18.1. The summed E-state index contributed by atoms with van der Waals surface area (Å²) in [5.41, 5.74) is 0.859. The fraction of sp³-hybridized carbons (Fsp3) is 0.174. The zero-order chi connectivity index (χ0) is 27.4. The van der Waals surface area contributed by atoms with Crippen molar-refractivity contribution in [3.8, 4) is 22.9 Å². The highest BCUT2D eigenvalue weighted by molar-refractivity contribution is 5.97. The van der Waals surface area contributed by atoms with Gasteiger partial charge in [0.1, 0.15) is 23.7 Å². The molecule has 0 atom stereocenters. The Hall–Kier alpha value is -4.79. The number of amides is 2. The molecule has 0 bridgehead atoms. The Morgan fingerprint density at radius 3 is 2.66 bits per heavy atom. The van der Waals surface area contributed by atoms with Crippen LogP contribution in [0.1, 0.15) is 15.9 Å². The predicted octanol–water partition coefficient (Wildman–Crippen LogP) is 2.70. The smallest absolute Gasteiger partial charge is 0.480 e. The summed E-state index contributed by atoms with van der Waals surface area (Å²) in [6, 6.07) is 7.05. The molecule has 1 aromatic carbocycles. The molecule has 15 heteroatoms. The lowest BCUT2D eigenvalue weighted by Gasteiger charge is -2.13. The van der Waals surface area contributed by atoms with Gasteiger partial charge in [-0.15, -0.1) is 13.2 Å². The van der Waals surface area contributed by atoms with Crippen molar-refractivity contribution in [2.45, 2.75) is 12.9 Å². The summed E-state index contributed by atoms with van der Waals surface area (Å²) in [6.45, 7) is -1.16. The summed E-state index contributed by atoms with van der Waals surface area (Å²) in [5.74, 6) is -2.76. The number of carbonyl (C=O) groups is 2. The largest absolute Gasteiger partial charge is 0.573 e. The SMILES string of the molecule is COc1ncc(-c2ccc3nc(NC(=O)CO)cn3n2)cc1C(=O)NCc1cc(OC(F)(F)F)ccc1F. The molecule has 0 fully saturated rings. The maximum atomic E-state index is 14.1. The van der Waals surface area contributed by atoms with E-state index in [-0.39, 0.29) is 22.8 Å². The minimum atomic E-state index is -4.96. The molecule has 0 aliphatic carbocycles. The minimum absolute atomic E-state index is 0.0449. The highest BCUT2D eigenvalue weighted by Crippen LogP contribution is 2.26. The molecule has 0 unspecified atom stereocenters. The van der Waals surface area contributed by atoms with E-state index in [0.717, 1.165) is 18.2 Å². The monoisotopic (exact) mass is 534 g/mol. The van der Waals surface area contributed by atoms with Crippen LogP contribution in [0, 0.1) is 5.82 Å². The molecule has 0 saturated carbocycles. The molecule has 3 N–H and O–H groups in total. The molecule has 0 aliphatic rings. The fourth-order valence-electron chi connectivity index (χ4n) is 3.35. The molecule has 198 valence electrons. The van der Waals surface area contributed by atoms with Gasteiger partial charge in [-0.2, -0.15) is 5.10 Å². The summed E-state index contributed by atoms with van der Waals surface area (Å²) in [5, 5.41) is 18.1. The standard InChI is InChI=1S/C23H18F4N6O5/c1-37-22-15(21(36)28-8-12-6-14(2-3-16(12)24)38-23(25,26)27)7-13(9-29-22)17-4-5-19-30-18(10-33(19)32-17)31-20(35)11-34/h2-7,9-10,34H,8,11H2,1H3,(H,28,36)(H,31,35). The van der Waals surface area contributed by atoms with Crippen LogP contribution in [0.15, 0.2) is 48.8 Å². The van der Waals surface area contributed by atoms with Crippen molar-refractivity contribution in [2.24, 2.45) is 0 Å². The van der Waals surface area contributed by atoms with Gasteiger partial charge in [-0.3, -0.25) is 9.59 Å². The number of aromatic nitrogens is 4. The quantitative estimate of drug-likeness (QED) is 0.293. The van der Waals surface area contributed by atoms with Crippen molar-refractivity contribution in [2.75, 3.05) is 19.0 Å². The van der Waals surface area contributed by atoms with Crippen molar-refractivity contribution < 1.29 is 41.7 Å². The molecule has 3 heterocycles. The summed E-state index contributed by atoms with van der Waals surface area (Å²) < 4.78 is 61.9. The molecule has 0 spiro atoms. The Kier molecular flexibility index (Phi) is 7.38. The average Bonchev–Trinajstić information content (AvgIpc) is 3.28. The van der Waals surface area contributed by atoms with Gasteiger partial charge in [-0.25, -0.2) is 18.9 Å². The lowest BCUT2D eigenvalue weighted by atomic mass is 10.1. The summed E-state index contributed by atoms with van der Waals surface area (Å²) in [4.78, 5) is 32.5. The van der Waals surface area contributed by atoms with Gasteiger partial charge in [0.15, 0.2) is 11.5 Å². The topological polar surface area (TPSA) is 140 Å². The van der Waals surface area contributed by atoms with Crippen molar-refractivity contribution in [3.63, 3.8) is 0 Å². The minimum Gasteiger partial charge on any atom is -0.480 e. The highest BCUT2D eigenvalue weighted by atomic mass is 19.4. The number of aliphatic hydroxyl groups excluding tert-OH is 1. The fourth-order valence-corrected chi connectivity index (χ4v) is 3.35. The zero-order valence-corrected chi connectivity index (χ0v) is 19.4. The van der Waals surface area contributed by atoms with Gasteiger partial charge >= 0.3 is 6.36 Å². The first kappa shape index (κ1) is 26.3. The van der Waals surface area contributed by atoms with Gasteiger partial charge in [0, 0.05) is 23.9 Å². The Labute approximate surface area is 211 Å². The van der Waals surface area contributed by atoms with Gasteiger partial charge in [-0.05, 0) is 36.4 Å². The highest BCUT2D eigenvalue weighted by Gasteiger charge is 2.31. The van der Waals surface area contributed by atoms with Gasteiger partial charge < -0.3 is 25.2 Å². The maximum Gasteiger partial charge on any atom is 0.573 e. The Bertz CT molecular complexity index is 1510. The van der Waals surface area contributed by atoms with Crippen LogP contribution >= 0.6 is 0 Å². The molecule has 4 rings (SSSR count). The van der Waals surface area contributed by atoms with Crippen LogP contribution in [0.5, 0.6) is 11.6 Å². The first-order valence-electron chi connectivity index (χ1n) is 10.7. The van der Waals surface area contributed by atoms with Crippen LogP contribution in [0.4, 0.5) is 23.4 Å². The number of aliphatic hydroxyl groups is 1. The Balaban J connectivity index is 1.56. The van der Waals surface area contributed by atoms with Crippen LogP contribution in [-0.4, -0.2) is 56.6 Å². The summed E-state index contributed by atoms with van der Waals surface area (Å²) in [6.07, 6.45) is -2.14. The van der Waals surface area contributed by atoms with Crippen LogP contribution < -0.4 is 20.1 Å². The Morgan fingerprint density at radius 2 is 1.95 bits per heavy atom. The normalized spacial score (nSPS) is 11.3. The second kappa shape index (κ2) is 10.7. The van der Waals surface area contributed by atoms with Crippen LogP contribution in [0.3, 0.4) is 0 Å². The number of hydrogen-bond donors (Lipinski definition) is 3. The van der Waals surface area contributed by atoms with Gasteiger partial charge in [-0.1, -0.05) is 0 Å². The van der Waals surface area contributed by atoms with Crippen LogP contribution in [-0.2, 0) is 11.3 Å². The molecule has 3 aromatic heterocycles. The van der Waals surface area contributed by atoms with E-state index in [0.29, 0.717) is 16.9 Å². The number of imidazole rings is 1. The number of ether oxygens (including phenoxy) is 2. The molecule has 0 radical (unpaired) electrons. The molecular weight excluding hydrogens is 516 g/mol. The third-order valence-corrected chi connectivity index (χ3v) is 5.01. The molecule has 11 nitrogen and oxygen atoms in total. The number of nitrogens with one attached hydrogen (secondary N) is 2. The third kappa shape index (κ3) is 6.12. The van der Waals surface area contributed by atoms with E-state index in [4.69, 9.17) is 9.84 Å². The van der Waals surface area contributed by atoms with Crippen molar-refractivity contribution >= 4 is 23.3 Å². The predicted molar refractivity (Wildman–Crippen MR) is 123 cm³/mol. The number of benzene rings is 1. The Morgan fingerprint density at radius 1 is 1.16 bits per heavy atom.